The van der Waals surface area contributed by atoms with E-state index in [9.17, 15) is 0 Å². The van der Waals surface area contributed by atoms with Gasteiger partial charge in [-0.2, -0.15) is 0 Å². The number of hydrogen-bond donors (Lipinski definition) is 1. The molecule has 0 amide bonds. The number of aryl methyl sites for hydroxylation is 1. The number of piperazine rings is 1. The maximum atomic E-state index is 5.29. The molecule has 1 aliphatic rings. The number of methoxy groups -OCH3 is 1. The maximum Gasteiger partial charge on any atom is 0.122 e. The van der Waals surface area contributed by atoms with Gasteiger partial charge in [0.05, 0.1) is 12.8 Å². The summed E-state index contributed by atoms with van der Waals surface area (Å²) in [5, 5.41) is 3.52. The fourth-order valence-electron chi connectivity index (χ4n) is 2.51. The van der Waals surface area contributed by atoms with E-state index in [1.807, 2.05) is 19.1 Å². The highest BCUT2D eigenvalue weighted by Gasteiger charge is 2.25. The summed E-state index contributed by atoms with van der Waals surface area (Å²) in [6.07, 6.45) is 0. The SMILES string of the molecule is COc1cc(C)nc(CN2CCNC(C)(C)C2)c1. The van der Waals surface area contributed by atoms with Gasteiger partial charge in [0.15, 0.2) is 0 Å². The largest absolute Gasteiger partial charge is 0.497 e. The van der Waals surface area contributed by atoms with E-state index in [4.69, 9.17) is 4.74 Å². The lowest BCUT2D eigenvalue weighted by Crippen LogP contribution is -2.56. The van der Waals surface area contributed by atoms with E-state index < -0.39 is 0 Å². The van der Waals surface area contributed by atoms with Crippen LogP contribution in [0.3, 0.4) is 0 Å². The second-order valence-corrected chi connectivity index (χ2v) is 5.66. The van der Waals surface area contributed by atoms with E-state index in [1.165, 1.54) is 0 Å². The third kappa shape index (κ3) is 3.43. The van der Waals surface area contributed by atoms with Gasteiger partial charge < -0.3 is 10.1 Å². The number of hydrogen-bond acceptors (Lipinski definition) is 4. The molecule has 0 saturated carbocycles. The van der Waals surface area contributed by atoms with Crippen molar-refractivity contribution in [2.75, 3.05) is 26.7 Å². The van der Waals surface area contributed by atoms with Crippen molar-refractivity contribution in [3.05, 3.63) is 23.5 Å². The summed E-state index contributed by atoms with van der Waals surface area (Å²) in [7, 11) is 1.70. The zero-order chi connectivity index (χ0) is 13.2. The fourth-order valence-corrected chi connectivity index (χ4v) is 2.51. The molecular weight excluding hydrogens is 226 g/mol. The Balaban J connectivity index is 2.07. The lowest BCUT2D eigenvalue weighted by atomic mass is 10.0. The molecule has 1 N–H and O–H groups in total. The first-order valence-corrected chi connectivity index (χ1v) is 6.47. The predicted octanol–water partition coefficient (Wildman–Crippen LogP) is 1.58. The van der Waals surface area contributed by atoms with Crippen molar-refractivity contribution < 1.29 is 4.74 Å². The summed E-state index contributed by atoms with van der Waals surface area (Å²) in [5.74, 6) is 0.895. The Morgan fingerprint density at radius 3 is 2.89 bits per heavy atom. The van der Waals surface area contributed by atoms with E-state index in [2.05, 4.69) is 29.0 Å². The van der Waals surface area contributed by atoms with Crippen LogP contribution >= 0.6 is 0 Å². The van der Waals surface area contributed by atoms with Crippen LogP contribution in [0.15, 0.2) is 12.1 Å². The Hall–Kier alpha value is -1.13. The number of nitrogens with zero attached hydrogens (tertiary/aromatic N) is 2. The lowest BCUT2D eigenvalue weighted by Gasteiger charge is -2.39. The Bertz CT molecular complexity index is 418. The number of pyridine rings is 1. The molecule has 0 atom stereocenters. The van der Waals surface area contributed by atoms with Crippen LogP contribution in [-0.2, 0) is 6.54 Å². The molecule has 0 aromatic carbocycles. The second-order valence-electron chi connectivity index (χ2n) is 5.66. The van der Waals surface area contributed by atoms with Crippen LogP contribution in [0.25, 0.3) is 0 Å². The molecule has 2 rings (SSSR count). The molecule has 1 aliphatic heterocycles. The van der Waals surface area contributed by atoms with Gasteiger partial charge in [0.25, 0.3) is 0 Å². The molecule has 0 aliphatic carbocycles. The Morgan fingerprint density at radius 2 is 2.22 bits per heavy atom. The highest BCUT2D eigenvalue weighted by atomic mass is 16.5. The predicted molar refractivity (Wildman–Crippen MR) is 72.9 cm³/mol. The van der Waals surface area contributed by atoms with Crippen LogP contribution in [0.4, 0.5) is 0 Å². The maximum absolute atomic E-state index is 5.29. The van der Waals surface area contributed by atoms with E-state index in [0.29, 0.717) is 0 Å². The van der Waals surface area contributed by atoms with Crippen molar-refractivity contribution in [3.8, 4) is 5.75 Å². The molecule has 1 aromatic heterocycles. The molecule has 0 unspecified atom stereocenters. The Morgan fingerprint density at radius 1 is 1.44 bits per heavy atom. The first kappa shape index (κ1) is 13.3. The molecule has 0 bridgehead atoms. The third-order valence-electron chi connectivity index (χ3n) is 3.25. The summed E-state index contributed by atoms with van der Waals surface area (Å²) in [6, 6.07) is 3.99. The van der Waals surface area contributed by atoms with Gasteiger partial charge in [-0.25, -0.2) is 0 Å². The molecule has 0 radical (unpaired) electrons. The average molecular weight is 249 g/mol. The summed E-state index contributed by atoms with van der Waals surface area (Å²) in [4.78, 5) is 7.02. The number of aromatic nitrogens is 1. The minimum absolute atomic E-state index is 0.187. The molecule has 2 heterocycles. The summed E-state index contributed by atoms with van der Waals surface area (Å²) >= 11 is 0. The minimum Gasteiger partial charge on any atom is -0.497 e. The van der Waals surface area contributed by atoms with Crippen molar-refractivity contribution in [3.63, 3.8) is 0 Å². The molecule has 4 nitrogen and oxygen atoms in total. The second kappa shape index (κ2) is 5.24. The van der Waals surface area contributed by atoms with Crippen molar-refractivity contribution >= 4 is 0 Å². The van der Waals surface area contributed by atoms with E-state index in [0.717, 1.165) is 43.3 Å². The lowest BCUT2D eigenvalue weighted by molar-refractivity contribution is 0.147. The molecule has 1 aromatic rings. The number of rotatable bonds is 3. The van der Waals surface area contributed by atoms with Gasteiger partial charge in [-0.05, 0) is 20.8 Å². The van der Waals surface area contributed by atoms with Crippen LogP contribution in [0.1, 0.15) is 25.2 Å². The Labute approximate surface area is 109 Å². The van der Waals surface area contributed by atoms with Gasteiger partial charge in [-0.3, -0.25) is 9.88 Å². The van der Waals surface area contributed by atoms with Gasteiger partial charge in [0.1, 0.15) is 5.75 Å². The van der Waals surface area contributed by atoms with Crippen molar-refractivity contribution in [1.82, 2.24) is 15.2 Å². The quantitative estimate of drug-likeness (QED) is 0.882. The minimum atomic E-state index is 0.187. The van der Waals surface area contributed by atoms with Crippen LogP contribution in [0, 0.1) is 6.92 Å². The molecule has 1 fully saturated rings. The van der Waals surface area contributed by atoms with Crippen LogP contribution < -0.4 is 10.1 Å². The zero-order valence-electron chi connectivity index (χ0n) is 11.8. The van der Waals surface area contributed by atoms with E-state index in [1.54, 1.807) is 7.11 Å². The summed E-state index contributed by atoms with van der Waals surface area (Å²) in [5.41, 5.74) is 2.29. The molecule has 0 spiro atoms. The Kier molecular flexibility index (Phi) is 3.88. The zero-order valence-corrected chi connectivity index (χ0v) is 11.8. The first-order chi connectivity index (χ1) is 8.48. The summed E-state index contributed by atoms with van der Waals surface area (Å²) < 4.78 is 5.29. The molecule has 1 saturated heterocycles. The number of ether oxygens (including phenoxy) is 1. The first-order valence-electron chi connectivity index (χ1n) is 6.47. The fraction of sp³-hybridized carbons (Fsp3) is 0.643. The third-order valence-corrected chi connectivity index (χ3v) is 3.25. The molecule has 100 valence electrons. The topological polar surface area (TPSA) is 37.4 Å². The van der Waals surface area contributed by atoms with Crippen molar-refractivity contribution in [2.24, 2.45) is 0 Å². The number of nitrogens with one attached hydrogen (secondary N) is 1. The van der Waals surface area contributed by atoms with Gasteiger partial charge >= 0.3 is 0 Å². The van der Waals surface area contributed by atoms with Gasteiger partial charge in [0.2, 0.25) is 0 Å². The van der Waals surface area contributed by atoms with Crippen LogP contribution in [-0.4, -0.2) is 42.2 Å². The molecule has 18 heavy (non-hydrogen) atoms. The molecule has 4 heteroatoms. The van der Waals surface area contributed by atoms with Crippen LogP contribution in [0.5, 0.6) is 5.75 Å². The van der Waals surface area contributed by atoms with Gasteiger partial charge in [-0.1, -0.05) is 0 Å². The highest BCUT2D eigenvalue weighted by molar-refractivity contribution is 5.26. The normalized spacial score (nSPS) is 19.8. The van der Waals surface area contributed by atoms with Gasteiger partial charge in [-0.15, -0.1) is 0 Å². The molecular formula is C14H23N3O. The average Bonchev–Trinajstić information content (AvgIpc) is 2.26. The van der Waals surface area contributed by atoms with Crippen molar-refractivity contribution in [2.45, 2.75) is 32.9 Å². The smallest absolute Gasteiger partial charge is 0.122 e. The van der Waals surface area contributed by atoms with E-state index in [-0.39, 0.29) is 5.54 Å². The highest BCUT2D eigenvalue weighted by Crippen LogP contribution is 2.17. The summed E-state index contributed by atoms with van der Waals surface area (Å²) in [6.45, 7) is 10.5. The van der Waals surface area contributed by atoms with Crippen molar-refractivity contribution in [1.29, 1.82) is 0 Å². The standard InChI is InChI=1S/C14H23N3O/c1-11-7-13(18-4)8-12(16-11)9-17-6-5-15-14(2,3)10-17/h7-8,15H,5-6,9-10H2,1-4H3. The van der Waals surface area contributed by atoms with Gasteiger partial charge in [0, 0.05) is 49.5 Å². The monoisotopic (exact) mass is 249 g/mol. The van der Waals surface area contributed by atoms with Crippen LogP contribution in [0.2, 0.25) is 0 Å². The van der Waals surface area contributed by atoms with E-state index >= 15 is 0 Å².